The first-order valence-corrected chi connectivity index (χ1v) is 6.67. The number of halogens is 1. The average Bonchev–Trinajstić information content (AvgIpc) is 2.30. The molecule has 1 unspecified atom stereocenters. The standard InChI is InChI=1S/C14H21ClNO/c1-11(17)16(2)8-6-12(7-9-16)13-4-3-5-14(15)10-13/h3-5,10-12,17H,6-9H2,1-2H3/q+1. The monoisotopic (exact) mass is 254 g/mol. The molecule has 0 radical (unpaired) electrons. The van der Waals surface area contributed by atoms with Gasteiger partial charge >= 0.3 is 0 Å². The van der Waals surface area contributed by atoms with E-state index in [1.807, 2.05) is 19.1 Å². The minimum atomic E-state index is -0.268. The van der Waals surface area contributed by atoms with Crippen molar-refractivity contribution in [2.24, 2.45) is 0 Å². The van der Waals surface area contributed by atoms with Crippen LogP contribution in [0.15, 0.2) is 24.3 Å². The van der Waals surface area contributed by atoms with Crippen molar-refractivity contribution in [2.75, 3.05) is 20.1 Å². The molecule has 94 valence electrons. The van der Waals surface area contributed by atoms with Crippen molar-refractivity contribution in [2.45, 2.75) is 31.9 Å². The summed E-state index contributed by atoms with van der Waals surface area (Å²) in [5, 5.41) is 10.6. The predicted octanol–water partition coefficient (Wildman–Crippen LogP) is 3.00. The lowest BCUT2D eigenvalue weighted by atomic mass is 9.88. The van der Waals surface area contributed by atoms with Crippen molar-refractivity contribution in [1.82, 2.24) is 0 Å². The highest BCUT2D eigenvalue weighted by Crippen LogP contribution is 2.32. The van der Waals surface area contributed by atoms with Crippen LogP contribution >= 0.6 is 11.6 Å². The topological polar surface area (TPSA) is 20.2 Å². The molecule has 0 saturated carbocycles. The molecule has 1 saturated heterocycles. The predicted molar refractivity (Wildman–Crippen MR) is 71.0 cm³/mol. The molecule has 1 aromatic carbocycles. The molecular weight excluding hydrogens is 234 g/mol. The second kappa shape index (κ2) is 4.97. The second-order valence-electron chi connectivity index (χ2n) is 5.39. The van der Waals surface area contributed by atoms with Crippen molar-refractivity contribution >= 4 is 11.6 Å². The smallest absolute Gasteiger partial charge is 0.187 e. The zero-order valence-electron chi connectivity index (χ0n) is 10.6. The summed E-state index contributed by atoms with van der Waals surface area (Å²) in [7, 11) is 2.14. The van der Waals surface area contributed by atoms with Crippen LogP contribution in [-0.2, 0) is 0 Å². The van der Waals surface area contributed by atoms with Crippen molar-refractivity contribution in [3.63, 3.8) is 0 Å². The van der Waals surface area contributed by atoms with E-state index in [0.717, 1.165) is 35.4 Å². The quantitative estimate of drug-likeness (QED) is 0.805. The Morgan fingerprint density at radius 2 is 2.00 bits per heavy atom. The van der Waals surface area contributed by atoms with Gasteiger partial charge in [-0.3, -0.25) is 0 Å². The number of aliphatic hydroxyl groups is 1. The molecule has 1 aliphatic heterocycles. The minimum Gasteiger partial charge on any atom is -0.345 e. The molecule has 1 N–H and O–H groups in total. The van der Waals surface area contributed by atoms with Crippen LogP contribution in [0.2, 0.25) is 5.02 Å². The van der Waals surface area contributed by atoms with Crippen LogP contribution in [0.5, 0.6) is 0 Å². The van der Waals surface area contributed by atoms with Gasteiger partial charge in [0.15, 0.2) is 6.23 Å². The van der Waals surface area contributed by atoms with Gasteiger partial charge in [0, 0.05) is 24.8 Å². The fourth-order valence-corrected chi connectivity index (χ4v) is 2.82. The molecule has 2 rings (SSSR count). The molecule has 2 nitrogen and oxygen atoms in total. The Hall–Kier alpha value is -0.570. The fraction of sp³-hybridized carbons (Fsp3) is 0.571. The van der Waals surface area contributed by atoms with Crippen LogP contribution in [0.3, 0.4) is 0 Å². The van der Waals surface area contributed by atoms with Gasteiger partial charge in [-0.25, -0.2) is 0 Å². The van der Waals surface area contributed by atoms with Gasteiger partial charge in [-0.1, -0.05) is 23.7 Å². The van der Waals surface area contributed by atoms with Gasteiger partial charge in [0.25, 0.3) is 0 Å². The zero-order valence-corrected chi connectivity index (χ0v) is 11.3. The lowest BCUT2D eigenvalue weighted by molar-refractivity contribution is -0.956. The number of piperidine rings is 1. The van der Waals surface area contributed by atoms with E-state index in [-0.39, 0.29) is 6.23 Å². The van der Waals surface area contributed by atoms with E-state index in [1.165, 1.54) is 5.56 Å². The molecule has 0 amide bonds. The Kier molecular flexibility index (Phi) is 3.76. The van der Waals surface area contributed by atoms with Crippen molar-refractivity contribution in [3.05, 3.63) is 34.9 Å². The maximum Gasteiger partial charge on any atom is 0.187 e. The summed E-state index contributed by atoms with van der Waals surface area (Å²) in [6.45, 7) is 3.96. The van der Waals surface area contributed by atoms with E-state index in [1.54, 1.807) is 0 Å². The Bertz CT molecular complexity index is 384. The van der Waals surface area contributed by atoms with E-state index < -0.39 is 0 Å². The molecule has 1 atom stereocenters. The van der Waals surface area contributed by atoms with Gasteiger partial charge in [0.2, 0.25) is 0 Å². The minimum absolute atomic E-state index is 0.268. The van der Waals surface area contributed by atoms with Gasteiger partial charge in [-0.2, -0.15) is 0 Å². The van der Waals surface area contributed by atoms with Crippen LogP contribution in [0.4, 0.5) is 0 Å². The van der Waals surface area contributed by atoms with Gasteiger partial charge in [-0.15, -0.1) is 0 Å². The molecule has 1 aromatic rings. The average molecular weight is 255 g/mol. The maximum atomic E-state index is 9.79. The number of nitrogens with zero attached hydrogens (tertiary/aromatic N) is 1. The van der Waals surface area contributed by atoms with Crippen molar-refractivity contribution < 1.29 is 9.59 Å². The van der Waals surface area contributed by atoms with Crippen molar-refractivity contribution in [1.29, 1.82) is 0 Å². The fourth-order valence-electron chi connectivity index (χ4n) is 2.63. The number of hydrogen-bond donors (Lipinski definition) is 1. The molecule has 0 aliphatic carbocycles. The summed E-state index contributed by atoms with van der Waals surface area (Å²) in [5.74, 6) is 0.596. The highest BCUT2D eigenvalue weighted by molar-refractivity contribution is 6.30. The van der Waals surface area contributed by atoms with Crippen LogP contribution in [-0.4, -0.2) is 36.0 Å². The molecule has 0 aromatic heterocycles. The summed E-state index contributed by atoms with van der Waals surface area (Å²) >= 11 is 6.03. The first-order chi connectivity index (χ1) is 8.01. The Labute approximate surface area is 108 Å². The summed E-state index contributed by atoms with van der Waals surface area (Å²) in [6, 6.07) is 8.18. The molecule has 3 heteroatoms. The molecule has 17 heavy (non-hydrogen) atoms. The largest absolute Gasteiger partial charge is 0.345 e. The second-order valence-corrected chi connectivity index (χ2v) is 5.82. The number of aliphatic hydroxyl groups excluding tert-OH is 1. The first-order valence-electron chi connectivity index (χ1n) is 6.29. The molecular formula is C14H21ClNO+. The molecule has 1 fully saturated rings. The van der Waals surface area contributed by atoms with E-state index in [9.17, 15) is 5.11 Å². The number of benzene rings is 1. The molecule has 1 heterocycles. The number of hydrogen-bond acceptors (Lipinski definition) is 1. The SMILES string of the molecule is CC(O)[N+]1(C)CCC(c2cccc(Cl)c2)CC1. The van der Waals surface area contributed by atoms with Crippen LogP contribution in [0.1, 0.15) is 31.2 Å². The zero-order chi connectivity index (χ0) is 12.5. The van der Waals surface area contributed by atoms with Gasteiger partial charge in [0.05, 0.1) is 20.1 Å². The Balaban J connectivity index is 2.04. The third-order valence-electron chi connectivity index (χ3n) is 4.20. The Morgan fingerprint density at radius 3 is 2.53 bits per heavy atom. The Morgan fingerprint density at radius 1 is 1.35 bits per heavy atom. The summed E-state index contributed by atoms with van der Waals surface area (Å²) in [5.41, 5.74) is 1.34. The summed E-state index contributed by atoms with van der Waals surface area (Å²) in [4.78, 5) is 0. The van der Waals surface area contributed by atoms with Gasteiger partial charge < -0.3 is 9.59 Å². The van der Waals surface area contributed by atoms with Crippen LogP contribution < -0.4 is 0 Å². The third kappa shape index (κ3) is 2.82. The molecule has 0 spiro atoms. The summed E-state index contributed by atoms with van der Waals surface area (Å²) in [6.07, 6.45) is 1.99. The van der Waals surface area contributed by atoms with E-state index >= 15 is 0 Å². The van der Waals surface area contributed by atoms with Gasteiger partial charge in [0.1, 0.15) is 0 Å². The normalized spacial score (nSPS) is 31.2. The molecule has 0 bridgehead atoms. The number of likely N-dealkylation sites (tertiary alicyclic amines) is 1. The number of quaternary nitrogens is 1. The maximum absolute atomic E-state index is 9.79. The van der Waals surface area contributed by atoms with Crippen LogP contribution in [0.25, 0.3) is 0 Å². The van der Waals surface area contributed by atoms with Crippen LogP contribution in [0, 0.1) is 0 Å². The van der Waals surface area contributed by atoms with E-state index in [0.29, 0.717) is 5.92 Å². The van der Waals surface area contributed by atoms with E-state index in [2.05, 4.69) is 19.2 Å². The third-order valence-corrected chi connectivity index (χ3v) is 4.43. The van der Waals surface area contributed by atoms with Crippen molar-refractivity contribution in [3.8, 4) is 0 Å². The highest BCUT2D eigenvalue weighted by Gasteiger charge is 2.34. The molecule has 1 aliphatic rings. The lowest BCUT2D eigenvalue weighted by Gasteiger charge is -2.42. The lowest BCUT2D eigenvalue weighted by Crippen LogP contribution is -2.54. The highest BCUT2D eigenvalue weighted by atomic mass is 35.5. The summed E-state index contributed by atoms with van der Waals surface area (Å²) < 4.78 is 0.775. The first kappa shape index (κ1) is 12.9. The van der Waals surface area contributed by atoms with Gasteiger partial charge in [-0.05, 0) is 23.6 Å². The number of rotatable bonds is 2. The van der Waals surface area contributed by atoms with E-state index in [4.69, 9.17) is 11.6 Å².